The molecule has 0 spiro atoms. The lowest BCUT2D eigenvalue weighted by molar-refractivity contribution is 0.474. The molecule has 0 aliphatic rings. The van der Waals surface area contributed by atoms with Crippen LogP contribution in [0.2, 0.25) is 5.02 Å². The minimum absolute atomic E-state index is 0.194. The van der Waals surface area contributed by atoms with E-state index in [2.05, 4.69) is 4.99 Å². The number of benzene rings is 1. The van der Waals surface area contributed by atoms with Gasteiger partial charge in [-0.1, -0.05) is 17.7 Å². The van der Waals surface area contributed by atoms with E-state index in [0.717, 1.165) is 0 Å². The van der Waals surface area contributed by atoms with E-state index >= 15 is 0 Å². The summed E-state index contributed by atoms with van der Waals surface area (Å²) in [6, 6.07) is 8.92. The maximum absolute atomic E-state index is 9.54. The Morgan fingerprint density at radius 1 is 1.38 bits per heavy atom. The molecule has 0 saturated heterocycles. The molecule has 1 aromatic heterocycles. The molecule has 0 bridgehead atoms. The predicted molar refractivity (Wildman–Crippen MR) is 68.7 cm³/mol. The molecule has 2 aromatic rings. The normalized spacial score (nSPS) is 11.1. The maximum atomic E-state index is 9.54. The molecule has 1 heterocycles. The molecule has 82 valence electrons. The highest BCUT2D eigenvalue weighted by molar-refractivity contribution is 7.09. The van der Waals surface area contributed by atoms with Gasteiger partial charge >= 0.3 is 0 Å². The molecule has 0 atom stereocenters. The smallest absolute Gasteiger partial charge is 0.124 e. The first-order valence-electron chi connectivity index (χ1n) is 4.76. The molecule has 2 nitrogen and oxygen atoms in total. The van der Waals surface area contributed by atoms with Gasteiger partial charge in [-0.05, 0) is 29.6 Å². The average Bonchev–Trinajstić information content (AvgIpc) is 2.76. The van der Waals surface area contributed by atoms with Crippen molar-refractivity contribution >= 4 is 29.2 Å². The Hall–Kier alpha value is -1.32. The number of nitrogens with zero attached hydrogens (tertiary/aromatic N) is 1. The summed E-state index contributed by atoms with van der Waals surface area (Å²) in [6.45, 7) is 0.629. The predicted octanol–water partition coefficient (Wildman–Crippen LogP) is 3.73. The monoisotopic (exact) mass is 251 g/mol. The molecule has 1 aromatic carbocycles. The third-order valence-corrected chi connectivity index (χ3v) is 3.14. The number of thiophene rings is 1. The van der Waals surface area contributed by atoms with E-state index in [9.17, 15) is 5.11 Å². The highest BCUT2D eigenvalue weighted by Gasteiger charge is 1.98. The number of aromatic hydroxyl groups is 1. The lowest BCUT2D eigenvalue weighted by atomic mass is 10.2. The summed E-state index contributed by atoms with van der Waals surface area (Å²) in [5, 5.41) is 12.2. The second-order valence-corrected chi connectivity index (χ2v) is 4.72. The molecule has 16 heavy (non-hydrogen) atoms. The van der Waals surface area contributed by atoms with Crippen LogP contribution in [0.1, 0.15) is 10.4 Å². The summed E-state index contributed by atoms with van der Waals surface area (Å²) in [6.07, 6.45) is 1.64. The topological polar surface area (TPSA) is 32.6 Å². The van der Waals surface area contributed by atoms with Crippen LogP contribution in [0.5, 0.6) is 5.75 Å². The Morgan fingerprint density at radius 3 is 3.00 bits per heavy atom. The van der Waals surface area contributed by atoms with Crippen LogP contribution in [-0.4, -0.2) is 11.3 Å². The number of phenolic OH excluding ortho intramolecular Hbond substituents is 1. The lowest BCUT2D eigenvalue weighted by Gasteiger charge is -1.98. The Bertz CT molecular complexity index is 494. The van der Waals surface area contributed by atoms with E-state index in [4.69, 9.17) is 11.6 Å². The van der Waals surface area contributed by atoms with Crippen LogP contribution < -0.4 is 0 Å². The first-order valence-corrected chi connectivity index (χ1v) is 6.02. The van der Waals surface area contributed by atoms with Gasteiger partial charge in [-0.3, -0.25) is 4.99 Å². The first-order chi connectivity index (χ1) is 7.75. The fourth-order valence-electron chi connectivity index (χ4n) is 1.27. The van der Waals surface area contributed by atoms with Gasteiger partial charge < -0.3 is 5.11 Å². The summed E-state index contributed by atoms with van der Waals surface area (Å²) in [4.78, 5) is 5.45. The molecule has 0 aliphatic carbocycles. The standard InChI is InChI=1S/C12H10ClNOS/c13-10-3-4-12(15)9(6-10)7-14-8-11-2-1-5-16-11/h1-7,15H,8H2. The first kappa shape index (κ1) is 11.2. The van der Waals surface area contributed by atoms with Crippen LogP contribution in [-0.2, 0) is 6.54 Å². The summed E-state index contributed by atoms with van der Waals surface area (Å²) >= 11 is 7.49. The van der Waals surface area contributed by atoms with Crippen LogP contribution in [0.4, 0.5) is 0 Å². The van der Waals surface area contributed by atoms with Crippen LogP contribution in [0.25, 0.3) is 0 Å². The Kier molecular flexibility index (Phi) is 3.59. The zero-order valence-corrected chi connectivity index (χ0v) is 10.0. The van der Waals surface area contributed by atoms with E-state index in [1.807, 2.05) is 17.5 Å². The molecular formula is C12H10ClNOS. The molecule has 0 radical (unpaired) electrons. The number of hydrogen-bond acceptors (Lipinski definition) is 3. The van der Waals surface area contributed by atoms with E-state index < -0.39 is 0 Å². The van der Waals surface area contributed by atoms with Crippen LogP contribution >= 0.6 is 22.9 Å². The minimum Gasteiger partial charge on any atom is -0.507 e. The van der Waals surface area contributed by atoms with Gasteiger partial charge in [0.25, 0.3) is 0 Å². The van der Waals surface area contributed by atoms with E-state index in [1.165, 1.54) is 4.88 Å². The molecule has 0 amide bonds. The van der Waals surface area contributed by atoms with Gasteiger partial charge in [0.15, 0.2) is 0 Å². The number of phenols is 1. The van der Waals surface area contributed by atoms with Gasteiger partial charge in [-0.15, -0.1) is 11.3 Å². The van der Waals surface area contributed by atoms with Crippen LogP contribution in [0, 0.1) is 0 Å². The molecule has 0 saturated carbocycles. The quantitative estimate of drug-likeness (QED) is 0.829. The Balaban J connectivity index is 2.08. The van der Waals surface area contributed by atoms with Gasteiger partial charge in [-0.25, -0.2) is 0 Å². The van der Waals surface area contributed by atoms with Gasteiger partial charge in [-0.2, -0.15) is 0 Å². The van der Waals surface area contributed by atoms with Gasteiger partial charge in [0, 0.05) is 21.7 Å². The summed E-state index contributed by atoms with van der Waals surface area (Å²) < 4.78 is 0. The average molecular weight is 252 g/mol. The van der Waals surface area contributed by atoms with Crippen molar-refractivity contribution in [3.05, 3.63) is 51.2 Å². The van der Waals surface area contributed by atoms with Crippen molar-refractivity contribution in [1.82, 2.24) is 0 Å². The van der Waals surface area contributed by atoms with E-state index in [-0.39, 0.29) is 5.75 Å². The third-order valence-electron chi connectivity index (χ3n) is 2.05. The highest BCUT2D eigenvalue weighted by Crippen LogP contribution is 2.19. The zero-order valence-electron chi connectivity index (χ0n) is 8.43. The molecule has 2 rings (SSSR count). The Labute approximate surface area is 103 Å². The van der Waals surface area contributed by atoms with Gasteiger partial charge in [0.2, 0.25) is 0 Å². The third kappa shape index (κ3) is 2.84. The van der Waals surface area contributed by atoms with Crippen molar-refractivity contribution in [2.45, 2.75) is 6.54 Å². The highest BCUT2D eigenvalue weighted by atomic mass is 35.5. The molecule has 0 fully saturated rings. The maximum Gasteiger partial charge on any atom is 0.124 e. The number of hydrogen-bond donors (Lipinski definition) is 1. The van der Waals surface area contributed by atoms with Crippen molar-refractivity contribution in [3.63, 3.8) is 0 Å². The van der Waals surface area contributed by atoms with Crippen molar-refractivity contribution < 1.29 is 5.11 Å². The van der Waals surface area contributed by atoms with Crippen LogP contribution in [0.3, 0.4) is 0 Å². The number of rotatable bonds is 3. The van der Waals surface area contributed by atoms with Crippen molar-refractivity contribution in [3.8, 4) is 5.75 Å². The molecular weight excluding hydrogens is 242 g/mol. The van der Waals surface area contributed by atoms with E-state index in [1.54, 1.807) is 35.8 Å². The fraction of sp³-hybridized carbons (Fsp3) is 0.0833. The number of aliphatic imine (C=N–C) groups is 1. The lowest BCUT2D eigenvalue weighted by Crippen LogP contribution is -1.83. The molecule has 0 unspecified atom stereocenters. The van der Waals surface area contributed by atoms with Crippen molar-refractivity contribution in [2.75, 3.05) is 0 Å². The summed E-state index contributed by atoms with van der Waals surface area (Å²) in [7, 11) is 0. The zero-order chi connectivity index (χ0) is 11.4. The van der Waals surface area contributed by atoms with Crippen LogP contribution in [0.15, 0.2) is 40.7 Å². The minimum atomic E-state index is 0.194. The second-order valence-electron chi connectivity index (χ2n) is 3.25. The summed E-state index contributed by atoms with van der Waals surface area (Å²) in [5.41, 5.74) is 0.643. The molecule has 1 N–H and O–H groups in total. The van der Waals surface area contributed by atoms with E-state index in [0.29, 0.717) is 17.1 Å². The second kappa shape index (κ2) is 5.14. The SMILES string of the molecule is Oc1ccc(Cl)cc1C=NCc1cccs1. The largest absolute Gasteiger partial charge is 0.507 e. The summed E-state index contributed by atoms with van der Waals surface area (Å²) in [5.74, 6) is 0.194. The van der Waals surface area contributed by atoms with Crippen molar-refractivity contribution in [1.29, 1.82) is 0 Å². The van der Waals surface area contributed by atoms with Gasteiger partial charge in [0.05, 0.1) is 6.54 Å². The van der Waals surface area contributed by atoms with Crippen molar-refractivity contribution in [2.24, 2.45) is 4.99 Å². The molecule has 0 aliphatic heterocycles. The molecule has 4 heteroatoms. The van der Waals surface area contributed by atoms with Gasteiger partial charge in [0.1, 0.15) is 5.75 Å². The Morgan fingerprint density at radius 2 is 2.25 bits per heavy atom. The fourth-order valence-corrected chi connectivity index (χ4v) is 2.08. The number of halogens is 1.